The van der Waals surface area contributed by atoms with Gasteiger partial charge >= 0.3 is 6.03 Å². The highest BCUT2D eigenvalue weighted by atomic mass is 32.2. The molecule has 2 aromatic carbocycles. The third kappa shape index (κ3) is 3.93. The molecule has 0 saturated carbocycles. The van der Waals surface area contributed by atoms with Gasteiger partial charge in [-0.2, -0.15) is 0 Å². The molecule has 0 radical (unpaired) electrons. The van der Waals surface area contributed by atoms with Gasteiger partial charge in [0, 0.05) is 6.54 Å². The van der Waals surface area contributed by atoms with Crippen LogP contribution in [0.1, 0.15) is 5.56 Å². The van der Waals surface area contributed by atoms with Crippen LogP contribution in [-0.2, 0) is 11.3 Å². The van der Waals surface area contributed by atoms with Crippen molar-refractivity contribution in [3.63, 3.8) is 0 Å². The number of nitrogens with one attached hydrogen (secondary N) is 2. The van der Waals surface area contributed by atoms with Gasteiger partial charge in [0.05, 0.1) is 16.0 Å². The summed E-state index contributed by atoms with van der Waals surface area (Å²) in [6.07, 6.45) is 0. The number of thiazole rings is 1. The Morgan fingerprint density at radius 2 is 1.81 bits per heavy atom. The molecular formula is C18H15N5O2S2. The van der Waals surface area contributed by atoms with Gasteiger partial charge in [0.15, 0.2) is 5.16 Å². The van der Waals surface area contributed by atoms with Crippen molar-refractivity contribution in [3.05, 3.63) is 60.2 Å². The van der Waals surface area contributed by atoms with Crippen molar-refractivity contribution in [2.75, 3.05) is 5.75 Å². The number of nitrogens with zero attached hydrogens (tertiary/aromatic N) is 3. The second-order valence-corrected chi connectivity index (χ2v) is 7.63. The normalized spacial score (nSPS) is 11.0. The van der Waals surface area contributed by atoms with E-state index in [1.807, 2.05) is 59.0 Å². The lowest BCUT2D eigenvalue weighted by Gasteiger charge is -2.06. The molecule has 0 fully saturated rings. The van der Waals surface area contributed by atoms with Crippen LogP contribution in [-0.4, -0.2) is 32.3 Å². The molecule has 2 N–H and O–H groups in total. The lowest BCUT2D eigenvalue weighted by molar-refractivity contribution is -0.117. The molecule has 0 spiro atoms. The number of urea groups is 1. The smallest absolute Gasteiger partial charge is 0.321 e. The highest BCUT2D eigenvalue weighted by Crippen LogP contribution is 2.29. The average Bonchev–Trinajstić information content (AvgIpc) is 3.25. The molecule has 4 aromatic rings. The van der Waals surface area contributed by atoms with Crippen LogP contribution < -0.4 is 10.6 Å². The van der Waals surface area contributed by atoms with Gasteiger partial charge in [0.2, 0.25) is 10.9 Å². The summed E-state index contributed by atoms with van der Waals surface area (Å²) < 4.78 is 3.03. The number of thioether (sulfide) groups is 1. The van der Waals surface area contributed by atoms with E-state index in [0.29, 0.717) is 11.7 Å². The van der Waals surface area contributed by atoms with Gasteiger partial charge in [-0.15, -0.1) is 10.2 Å². The molecule has 0 aliphatic rings. The number of aromatic nitrogens is 3. The van der Waals surface area contributed by atoms with E-state index in [9.17, 15) is 9.59 Å². The molecule has 0 atom stereocenters. The van der Waals surface area contributed by atoms with Crippen molar-refractivity contribution in [1.29, 1.82) is 0 Å². The van der Waals surface area contributed by atoms with Crippen LogP contribution in [0.3, 0.4) is 0 Å². The second kappa shape index (κ2) is 7.77. The van der Waals surface area contributed by atoms with Gasteiger partial charge in [-0.25, -0.2) is 4.79 Å². The third-order valence-electron chi connectivity index (χ3n) is 3.79. The summed E-state index contributed by atoms with van der Waals surface area (Å²) in [6, 6.07) is 16.9. The van der Waals surface area contributed by atoms with Crippen molar-refractivity contribution in [2.24, 2.45) is 0 Å². The van der Waals surface area contributed by atoms with E-state index >= 15 is 0 Å². The Kier molecular flexibility index (Phi) is 5.03. The first-order chi connectivity index (χ1) is 13.2. The van der Waals surface area contributed by atoms with Crippen LogP contribution in [0.4, 0.5) is 4.79 Å². The van der Waals surface area contributed by atoms with Gasteiger partial charge < -0.3 is 5.32 Å². The van der Waals surface area contributed by atoms with Crippen LogP contribution in [0.2, 0.25) is 0 Å². The number of hydrogen-bond acceptors (Lipinski definition) is 6. The fraction of sp³-hybridized carbons (Fsp3) is 0.111. The van der Waals surface area contributed by atoms with Crippen LogP contribution in [0.25, 0.3) is 15.2 Å². The first-order valence-electron chi connectivity index (χ1n) is 8.18. The number of carbonyl (C=O) groups is 2. The Morgan fingerprint density at radius 3 is 2.67 bits per heavy atom. The zero-order valence-corrected chi connectivity index (χ0v) is 15.7. The molecule has 2 aromatic heterocycles. The Bertz CT molecular complexity index is 1110. The molecule has 7 nitrogen and oxygen atoms in total. The van der Waals surface area contributed by atoms with Gasteiger partial charge in [-0.05, 0) is 17.7 Å². The zero-order chi connectivity index (χ0) is 18.6. The molecule has 9 heteroatoms. The molecule has 0 unspecified atom stereocenters. The van der Waals surface area contributed by atoms with Gasteiger partial charge in [0.1, 0.15) is 0 Å². The number of carbonyl (C=O) groups excluding carboxylic acids is 2. The lowest BCUT2D eigenvalue weighted by atomic mass is 10.2. The summed E-state index contributed by atoms with van der Waals surface area (Å²) in [7, 11) is 0. The first-order valence-corrected chi connectivity index (χ1v) is 9.98. The van der Waals surface area contributed by atoms with E-state index in [2.05, 4.69) is 20.8 Å². The summed E-state index contributed by atoms with van der Waals surface area (Å²) in [5.74, 6) is -0.314. The number of benzene rings is 2. The third-order valence-corrected chi connectivity index (χ3v) is 5.73. The van der Waals surface area contributed by atoms with E-state index in [1.165, 1.54) is 11.8 Å². The van der Waals surface area contributed by atoms with Crippen LogP contribution in [0.5, 0.6) is 0 Å². The summed E-state index contributed by atoms with van der Waals surface area (Å²) >= 11 is 2.79. The average molecular weight is 397 g/mol. The summed E-state index contributed by atoms with van der Waals surface area (Å²) in [6.45, 7) is 0.360. The lowest BCUT2D eigenvalue weighted by Crippen LogP contribution is -2.39. The summed E-state index contributed by atoms with van der Waals surface area (Å²) in [5.41, 5.74) is 1.97. The van der Waals surface area contributed by atoms with Crippen LogP contribution >= 0.6 is 23.1 Å². The van der Waals surface area contributed by atoms with Gasteiger partial charge in [-0.3, -0.25) is 14.5 Å². The number of hydrogen-bond donors (Lipinski definition) is 2. The zero-order valence-electron chi connectivity index (χ0n) is 14.1. The van der Waals surface area contributed by atoms with Crippen LogP contribution in [0.15, 0.2) is 59.8 Å². The molecule has 3 amide bonds. The fourth-order valence-corrected chi connectivity index (χ4v) is 4.33. The second-order valence-electron chi connectivity index (χ2n) is 5.68. The van der Waals surface area contributed by atoms with Crippen LogP contribution in [0, 0.1) is 0 Å². The largest absolute Gasteiger partial charge is 0.334 e. The van der Waals surface area contributed by atoms with Gasteiger partial charge in [0.25, 0.3) is 0 Å². The molecule has 0 aliphatic heterocycles. The maximum Gasteiger partial charge on any atom is 0.321 e. The van der Waals surface area contributed by atoms with Gasteiger partial charge in [-0.1, -0.05) is 65.6 Å². The highest BCUT2D eigenvalue weighted by Gasteiger charge is 2.15. The number of imide groups is 1. The molecule has 0 saturated heterocycles. The van der Waals surface area contributed by atoms with E-state index < -0.39 is 6.03 Å². The standard InChI is InChI=1S/C18H15N5O2S2/c24-15(20-16(25)19-10-12-6-2-1-3-7-12)11-26-17-21-22-18-23(17)13-8-4-5-9-14(13)27-18/h1-9H,10-11H2,(H2,19,20,24,25). The van der Waals surface area contributed by atoms with Crippen molar-refractivity contribution in [1.82, 2.24) is 25.2 Å². The van der Waals surface area contributed by atoms with Crippen molar-refractivity contribution >= 4 is 50.2 Å². The van der Waals surface area contributed by atoms with Crippen molar-refractivity contribution < 1.29 is 9.59 Å². The van der Waals surface area contributed by atoms with E-state index in [-0.39, 0.29) is 11.7 Å². The minimum Gasteiger partial charge on any atom is -0.334 e. The SMILES string of the molecule is O=C(CSc1nnc2sc3ccccc3n12)NC(=O)NCc1ccccc1. The minimum atomic E-state index is -0.517. The van der Waals surface area contributed by atoms with Crippen molar-refractivity contribution in [2.45, 2.75) is 11.7 Å². The minimum absolute atomic E-state index is 0.0731. The topological polar surface area (TPSA) is 88.4 Å². The molecule has 0 aliphatic carbocycles. The molecular weight excluding hydrogens is 382 g/mol. The Balaban J connectivity index is 1.34. The molecule has 136 valence electrons. The number of fused-ring (bicyclic) bond motifs is 3. The van der Waals surface area contributed by atoms with E-state index in [4.69, 9.17) is 0 Å². The predicted molar refractivity (Wildman–Crippen MR) is 106 cm³/mol. The quantitative estimate of drug-likeness (QED) is 0.505. The number of rotatable bonds is 5. The maximum absolute atomic E-state index is 12.1. The first kappa shape index (κ1) is 17.5. The predicted octanol–water partition coefficient (Wildman–Crippen LogP) is 3.06. The van der Waals surface area contributed by atoms with E-state index in [1.54, 1.807) is 11.3 Å². The fourth-order valence-electron chi connectivity index (χ4n) is 2.56. The molecule has 27 heavy (non-hydrogen) atoms. The Hall–Kier alpha value is -2.91. The summed E-state index contributed by atoms with van der Waals surface area (Å²) in [4.78, 5) is 24.7. The Labute approximate surface area is 162 Å². The summed E-state index contributed by atoms with van der Waals surface area (Å²) in [5, 5.41) is 13.9. The number of amides is 3. The Morgan fingerprint density at radius 1 is 1.04 bits per heavy atom. The number of para-hydroxylation sites is 1. The highest BCUT2D eigenvalue weighted by molar-refractivity contribution is 7.99. The van der Waals surface area contributed by atoms with Crippen molar-refractivity contribution in [3.8, 4) is 0 Å². The van der Waals surface area contributed by atoms with E-state index in [0.717, 1.165) is 20.7 Å². The maximum atomic E-state index is 12.1. The molecule has 0 bridgehead atoms. The monoisotopic (exact) mass is 397 g/mol. The molecule has 2 heterocycles. The molecule has 4 rings (SSSR count).